The Balaban J connectivity index is 1.89. The van der Waals surface area contributed by atoms with Crippen LogP contribution < -0.4 is 10.6 Å². The lowest BCUT2D eigenvalue weighted by Gasteiger charge is -2.21. The Morgan fingerprint density at radius 3 is 2.38 bits per heavy atom. The number of hydrogen-bond acceptors (Lipinski definition) is 5. The molecule has 1 aliphatic rings. The zero-order valence-electron chi connectivity index (χ0n) is 17.7. The number of anilines is 1. The van der Waals surface area contributed by atoms with Gasteiger partial charge in [0, 0.05) is 5.69 Å². The van der Waals surface area contributed by atoms with E-state index in [0.29, 0.717) is 12.1 Å². The maximum Gasteiger partial charge on any atom is 0.326 e. The van der Waals surface area contributed by atoms with Gasteiger partial charge in [0.25, 0.3) is 11.8 Å². The summed E-state index contributed by atoms with van der Waals surface area (Å²) in [6.07, 6.45) is 2.16. The molecule has 1 heterocycles. The second-order valence-corrected chi connectivity index (χ2v) is 7.74. The first-order chi connectivity index (χ1) is 13.6. The molecule has 0 bridgehead atoms. The van der Waals surface area contributed by atoms with E-state index >= 15 is 0 Å². The maximum atomic E-state index is 12.5. The van der Waals surface area contributed by atoms with Gasteiger partial charge in [0.15, 0.2) is 6.61 Å². The number of benzene rings is 1. The van der Waals surface area contributed by atoms with Crippen molar-refractivity contribution in [3.63, 3.8) is 0 Å². The van der Waals surface area contributed by atoms with E-state index in [1.54, 1.807) is 6.92 Å². The molecule has 1 aromatic rings. The monoisotopic (exact) mass is 403 g/mol. The molecule has 0 radical (unpaired) electrons. The number of amides is 4. The first-order valence-corrected chi connectivity index (χ1v) is 9.75. The summed E-state index contributed by atoms with van der Waals surface area (Å²) >= 11 is 0. The van der Waals surface area contributed by atoms with E-state index in [0.717, 1.165) is 34.4 Å². The Kier molecular flexibility index (Phi) is 7.00. The summed E-state index contributed by atoms with van der Waals surface area (Å²) in [5.41, 5.74) is 2.58. The molecule has 29 heavy (non-hydrogen) atoms. The normalized spacial score (nSPS) is 18.6. The number of imide groups is 1. The number of nitrogens with zero attached hydrogens (tertiary/aromatic N) is 1. The molecule has 1 aliphatic heterocycles. The van der Waals surface area contributed by atoms with Gasteiger partial charge < -0.3 is 15.4 Å². The molecule has 1 saturated heterocycles. The molecule has 8 nitrogen and oxygen atoms in total. The van der Waals surface area contributed by atoms with Crippen LogP contribution in [0.3, 0.4) is 0 Å². The fourth-order valence-electron chi connectivity index (χ4n) is 3.46. The predicted molar refractivity (Wildman–Crippen MR) is 108 cm³/mol. The van der Waals surface area contributed by atoms with Crippen molar-refractivity contribution in [3.8, 4) is 0 Å². The van der Waals surface area contributed by atoms with Crippen molar-refractivity contribution >= 4 is 29.5 Å². The van der Waals surface area contributed by atoms with E-state index in [2.05, 4.69) is 10.6 Å². The fourth-order valence-corrected chi connectivity index (χ4v) is 3.46. The summed E-state index contributed by atoms with van der Waals surface area (Å²) in [4.78, 5) is 49.7. The molecule has 1 atom stereocenters. The van der Waals surface area contributed by atoms with E-state index in [1.165, 1.54) is 0 Å². The molecular formula is C21H29N3O5. The Labute approximate surface area is 171 Å². The fraction of sp³-hybridized carbons (Fsp3) is 0.524. The number of nitrogens with one attached hydrogen (secondary N) is 2. The lowest BCUT2D eigenvalue weighted by molar-refractivity contribution is -0.150. The van der Waals surface area contributed by atoms with E-state index in [1.807, 2.05) is 39.8 Å². The summed E-state index contributed by atoms with van der Waals surface area (Å²) in [5.74, 6) is -1.76. The molecule has 0 aliphatic carbocycles. The van der Waals surface area contributed by atoms with Crippen LogP contribution in [0.5, 0.6) is 0 Å². The minimum absolute atomic E-state index is 0.455. The lowest BCUT2D eigenvalue weighted by Crippen LogP contribution is -2.44. The maximum absolute atomic E-state index is 12.5. The number of rotatable bonds is 8. The van der Waals surface area contributed by atoms with Crippen LogP contribution in [0.2, 0.25) is 0 Å². The Morgan fingerprint density at radius 1 is 1.17 bits per heavy atom. The van der Waals surface area contributed by atoms with Gasteiger partial charge in [-0.15, -0.1) is 0 Å². The van der Waals surface area contributed by atoms with Gasteiger partial charge >= 0.3 is 12.0 Å². The minimum atomic E-state index is -1.01. The van der Waals surface area contributed by atoms with E-state index < -0.39 is 42.5 Å². The third-order valence-corrected chi connectivity index (χ3v) is 4.97. The van der Waals surface area contributed by atoms with Crippen LogP contribution >= 0.6 is 0 Å². The highest BCUT2D eigenvalue weighted by atomic mass is 16.5. The standard InChI is InChI=1S/C21H29N3O5/c1-6-7-8-21(5)19(27)24(20(28)23-21)11-17(26)29-12-16(25)22-18-14(3)9-13(2)10-15(18)4/h9-10H,6-8,11-12H2,1-5H3,(H,22,25)(H,23,28)/t21-/m1/s1. The molecule has 4 amide bonds. The third kappa shape index (κ3) is 5.34. The Morgan fingerprint density at radius 2 is 1.79 bits per heavy atom. The number of esters is 1. The van der Waals surface area contributed by atoms with Gasteiger partial charge in [-0.25, -0.2) is 4.79 Å². The second-order valence-electron chi connectivity index (χ2n) is 7.74. The number of unbranched alkanes of at least 4 members (excludes halogenated alkanes) is 1. The van der Waals surface area contributed by atoms with Crippen molar-refractivity contribution in [2.75, 3.05) is 18.5 Å². The van der Waals surface area contributed by atoms with Gasteiger partial charge in [0.2, 0.25) is 0 Å². The summed E-state index contributed by atoms with van der Waals surface area (Å²) in [5, 5.41) is 5.37. The average Bonchev–Trinajstić information content (AvgIpc) is 2.84. The lowest BCUT2D eigenvalue weighted by atomic mass is 9.95. The molecule has 1 aromatic carbocycles. The van der Waals surface area contributed by atoms with Crippen LogP contribution in [0.25, 0.3) is 0 Å². The molecule has 1 fully saturated rings. The number of hydrogen-bond donors (Lipinski definition) is 2. The minimum Gasteiger partial charge on any atom is -0.454 e. The molecule has 0 unspecified atom stereocenters. The smallest absolute Gasteiger partial charge is 0.326 e. The largest absolute Gasteiger partial charge is 0.454 e. The van der Waals surface area contributed by atoms with Crippen LogP contribution in [0.15, 0.2) is 12.1 Å². The highest BCUT2D eigenvalue weighted by Crippen LogP contribution is 2.24. The predicted octanol–water partition coefficient (Wildman–Crippen LogP) is 2.59. The molecule has 0 aromatic heterocycles. The zero-order valence-corrected chi connectivity index (χ0v) is 17.7. The highest BCUT2D eigenvalue weighted by molar-refractivity contribution is 6.08. The number of urea groups is 1. The quantitative estimate of drug-likeness (QED) is 0.513. The third-order valence-electron chi connectivity index (χ3n) is 4.97. The molecule has 0 spiro atoms. The Hall–Kier alpha value is -2.90. The van der Waals surface area contributed by atoms with Crippen molar-refractivity contribution in [1.29, 1.82) is 0 Å². The summed E-state index contributed by atoms with van der Waals surface area (Å²) in [6.45, 7) is 8.35. The van der Waals surface area contributed by atoms with Crippen LogP contribution in [0.4, 0.5) is 10.5 Å². The van der Waals surface area contributed by atoms with Crippen molar-refractivity contribution in [2.45, 2.75) is 59.4 Å². The summed E-state index contributed by atoms with van der Waals surface area (Å²) in [7, 11) is 0. The van der Waals surface area contributed by atoms with Crippen LogP contribution in [-0.4, -0.2) is 47.4 Å². The topological polar surface area (TPSA) is 105 Å². The van der Waals surface area contributed by atoms with Crippen molar-refractivity contribution in [2.24, 2.45) is 0 Å². The van der Waals surface area contributed by atoms with Gasteiger partial charge in [-0.3, -0.25) is 19.3 Å². The number of aryl methyl sites for hydroxylation is 3. The zero-order chi connectivity index (χ0) is 21.8. The molecule has 2 N–H and O–H groups in total. The van der Waals surface area contributed by atoms with E-state index in [4.69, 9.17) is 4.74 Å². The number of carbonyl (C=O) groups is 4. The highest BCUT2D eigenvalue weighted by Gasteiger charge is 2.47. The summed E-state index contributed by atoms with van der Waals surface area (Å²) in [6, 6.07) is 3.27. The van der Waals surface area contributed by atoms with Crippen molar-refractivity contribution < 1.29 is 23.9 Å². The first-order valence-electron chi connectivity index (χ1n) is 9.75. The van der Waals surface area contributed by atoms with Gasteiger partial charge in [0.1, 0.15) is 12.1 Å². The van der Waals surface area contributed by atoms with Gasteiger partial charge in [-0.1, -0.05) is 37.5 Å². The number of ether oxygens (including phenoxy) is 1. The molecule has 8 heteroatoms. The van der Waals surface area contributed by atoms with Crippen molar-refractivity contribution in [3.05, 3.63) is 28.8 Å². The van der Waals surface area contributed by atoms with Gasteiger partial charge in [-0.05, 0) is 45.2 Å². The molecule has 2 rings (SSSR count). The summed E-state index contributed by atoms with van der Waals surface area (Å²) < 4.78 is 4.96. The SMILES string of the molecule is CCCC[C@@]1(C)NC(=O)N(CC(=O)OCC(=O)Nc2c(C)cc(C)cc2C)C1=O. The Bertz CT molecular complexity index is 813. The van der Waals surface area contributed by atoms with Gasteiger partial charge in [0.05, 0.1) is 0 Å². The molecule has 0 saturated carbocycles. The van der Waals surface area contributed by atoms with Gasteiger partial charge in [-0.2, -0.15) is 0 Å². The van der Waals surface area contributed by atoms with Crippen LogP contribution in [-0.2, 0) is 19.1 Å². The first kappa shape index (κ1) is 22.4. The van der Waals surface area contributed by atoms with Crippen LogP contribution in [0.1, 0.15) is 49.8 Å². The average molecular weight is 403 g/mol. The molecular weight excluding hydrogens is 374 g/mol. The second kappa shape index (κ2) is 9.07. The van der Waals surface area contributed by atoms with Crippen LogP contribution in [0, 0.1) is 20.8 Å². The molecule has 158 valence electrons. The number of carbonyl (C=O) groups excluding carboxylic acids is 4. The van der Waals surface area contributed by atoms with E-state index in [-0.39, 0.29) is 0 Å². The van der Waals surface area contributed by atoms with Crippen molar-refractivity contribution in [1.82, 2.24) is 10.2 Å². The van der Waals surface area contributed by atoms with E-state index in [9.17, 15) is 19.2 Å².